The normalized spacial score (nSPS) is 12.2. The van der Waals surface area contributed by atoms with Crippen LogP contribution < -0.4 is 5.32 Å². The van der Waals surface area contributed by atoms with Gasteiger partial charge in [-0.25, -0.2) is 0 Å². The molecule has 0 aliphatic rings. The lowest BCUT2D eigenvalue weighted by atomic mass is 10.1. The molecule has 2 aromatic rings. The van der Waals surface area contributed by atoms with E-state index in [1.165, 1.54) is 28.0 Å². The van der Waals surface area contributed by atoms with E-state index in [-0.39, 0.29) is 5.91 Å². The Bertz CT molecular complexity index is 623. The summed E-state index contributed by atoms with van der Waals surface area (Å²) < 4.78 is 0.826. The molecule has 1 N–H and O–H groups in total. The van der Waals surface area contributed by atoms with Crippen LogP contribution in [0.15, 0.2) is 22.5 Å². The van der Waals surface area contributed by atoms with Crippen LogP contribution in [-0.4, -0.2) is 21.5 Å². The molecule has 0 bridgehead atoms. The molecule has 21 heavy (non-hydrogen) atoms. The highest BCUT2D eigenvalue weighted by Crippen LogP contribution is 2.29. The molecule has 1 aromatic carbocycles. The Hall–Kier alpha value is -1.11. The lowest BCUT2D eigenvalue weighted by molar-refractivity contribution is -0.115. The lowest BCUT2D eigenvalue weighted by Crippen LogP contribution is -2.20. The zero-order chi connectivity index (χ0) is 15.4. The number of anilines is 1. The first-order chi connectivity index (χ1) is 9.94. The van der Waals surface area contributed by atoms with Crippen LogP contribution in [0.2, 0.25) is 0 Å². The van der Waals surface area contributed by atoms with E-state index in [4.69, 9.17) is 11.6 Å². The minimum Gasteiger partial charge on any atom is -0.299 e. The van der Waals surface area contributed by atoms with Gasteiger partial charge in [0.25, 0.3) is 0 Å². The molecule has 1 aromatic heterocycles. The fourth-order valence-electron chi connectivity index (χ4n) is 1.82. The molecule has 0 radical (unpaired) electrons. The van der Waals surface area contributed by atoms with Crippen molar-refractivity contribution in [2.24, 2.45) is 0 Å². The van der Waals surface area contributed by atoms with Crippen LogP contribution in [0.25, 0.3) is 0 Å². The van der Waals surface area contributed by atoms with Gasteiger partial charge in [0.15, 0.2) is 4.34 Å². The van der Waals surface area contributed by atoms with Gasteiger partial charge in [-0.2, -0.15) is 0 Å². The largest absolute Gasteiger partial charge is 0.299 e. The van der Waals surface area contributed by atoms with Crippen molar-refractivity contribution in [3.8, 4) is 0 Å². The topological polar surface area (TPSA) is 54.9 Å². The molecule has 0 fully saturated rings. The molecule has 2 rings (SSSR count). The van der Waals surface area contributed by atoms with Gasteiger partial charge in [-0.15, -0.1) is 21.8 Å². The van der Waals surface area contributed by atoms with Crippen LogP contribution in [-0.2, 0) is 10.5 Å². The van der Waals surface area contributed by atoms with Crippen molar-refractivity contribution in [1.82, 2.24) is 10.2 Å². The SMILES string of the molecule is Cc1cc(C)cc(CSc2nnc(NC(=O)C(C)Cl)s2)c1. The molecule has 0 spiro atoms. The summed E-state index contributed by atoms with van der Waals surface area (Å²) >= 11 is 8.66. The highest BCUT2D eigenvalue weighted by molar-refractivity contribution is 8.00. The highest BCUT2D eigenvalue weighted by atomic mass is 35.5. The minimum atomic E-state index is -0.583. The Labute approximate surface area is 137 Å². The van der Waals surface area contributed by atoms with E-state index >= 15 is 0 Å². The molecule has 0 saturated heterocycles. The maximum atomic E-state index is 11.5. The number of thioether (sulfide) groups is 1. The second-order valence-electron chi connectivity index (χ2n) is 4.76. The number of aryl methyl sites for hydroxylation is 2. The Morgan fingerprint density at radius 3 is 2.62 bits per heavy atom. The average Bonchev–Trinajstić information content (AvgIpc) is 2.83. The van der Waals surface area contributed by atoms with Crippen LogP contribution in [0.3, 0.4) is 0 Å². The first kappa shape index (κ1) is 16.3. The standard InChI is InChI=1S/C14H16ClN3OS2/c1-8-4-9(2)6-11(5-8)7-20-14-18-17-13(21-14)16-12(19)10(3)15/h4-6,10H,7H2,1-3H3,(H,16,17,19). The molecule has 0 aliphatic carbocycles. The maximum absolute atomic E-state index is 11.5. The van der Waals surface area contributed by atoms with Gasteiger partial charge in [0, 0.05) is 5.75 Å². The molecule has 7 heteroatoms. The van der Waals surface area contributed by atoms with Gasteiger partial charge in [0.1, 0.15) is 5.38 Å². The molecule has 0 aliphatic heterocycles. The van der Waals surface area contributed by atoms with Gasteiger partial charge in [0.05, 0.1) is 0 Å². The van der Waals surface area contributed by atoms with Crippen LogP contribution in [0, 0.1) is 13.8 Å². The highest BCUT2D eigenvalue weighted by Gasteiger charge is 2.12. The summed E-state index contributed by atoms with van der Waals surface area (Å²) in [4.78, 5) is 11.5. The maximum Gasteiger partial charge on any atom is 0.243 e. The summed E-state index contributed by atoms with van der Waals surface area (Å²) in [5.41, 5.74) is 3.77. The lowest BCUT2D eigenvalue weighted by Gasteiger charge is -2.03. The van der Waals surface area contributed by atoms with Crippen LogP contribution in [0.1, 0.15) is 23.6 Å². The van der Waals surface area contributed by atoms with Crippen molar-refractivity contribution in [3.63, 3.8) is 0 Å². The number of nitrogens with zero attached hydrogens (tertiary/aromatic N) is 2. The summed E-state index contributed by atoms with van der Waals surface area (Å²) in [6.45, 7) is 5.80. The van der Waals surface area contributed by atoms with E-state index < -0.39 is 5.38 Å². The van der Waals surface area contributed by atoms with Gasteiger partial charge >= 0.3 is 0 Å². The van der Waals surface area contributed by atoms with E-state index in [0.717, 1.165) is 10.1 Å². The number of amides is 1. The van der Waals surface area contributed by atoms with Crippen molar-refractivity contribution in [1.29, 1.82) is 0 Å². The van der Waals surface area contributed by atoms with Crippen molar-refractivity contribution < 1.29 is 4.79 Å². The van der Waals surface area contributed by atoms with Crippen molar-refractivity contribution >= 4 is 45.7 Å². The zero-order valence-corrected chi connectivity index (χ0v) is 14.4. The van der Waals surface area contributed by atoms with Crippen molar-refractivity contribution in [2.45, 2.75) is 36.2 Å². The number of alkyl halides is 1. The number of carbonyl (C=O) groups is 1. The van der Waals surface area contributed by atoms with E-state index in [9.17, 15) is 4.79 Å². The van der Waals surface area contributed by atoms with Gasteiger partial charge in [-0.3, -0.25) is 10.1 Å². The first-order valence-corrected chi connectivity index (χ1v) is 8.66. The molecule has 4 nitrogen and oxygen atoms in total. The van der Waals surface area contributed by atoms with Crippen LogP contribution in [0.4, 0.5) is 5.13 Å². The van der Waals surface area contributed by atoms with Gasteiger partial charge in [0.2, 0.25) is 11.0 Å². The van der Waals surface area contributed by atoms with E-state index in [1.54, 1.807) is 18.7 Å². The number of aromatic nitrogens is 2. The van der Waals surface area contributed by atoms with E-state index in [2.05, 4.69) is 47.6 Å². The number of benzene rings is 1. The number of nitrogens with one attached hydrogen (secondary N) is 1. The van der Waals surface area contributed by atoms with Crippen molar-refractivity contribution in [3.05, 3.63) is 34.9 Å². The van der Waals surface area contributed by atoms with Crippen molar-refractivity contribution in [2.75, 3.05) is 5.32 Å². The molecule has 112 valence electrons. The Balaban J connectivity index is 1.95. The number of halogens is 1. The Morgan fingerprint density at radius 2 is 2.00 bits per heavy atom. The van der Waals surface area contributed by atoms with E-state index in [1.807, 2.05) is 0 Å². The first-order valence-electron chi connectivity index (χ1n) is 6.42. The minimum absolute atomic E-state index is 0.265. The summed E-state index contributed by atoms with van der Waals surface area (Å²) in [6, 6.07) is 6.48. The average molecular weight is 342 g/mol. The van der Waals surface area contributed by atoms with Gasteiger partial charge in [-0.1, -0.05) is 52.4 Å². The molecule has 0 saturated carbocycles. The monoisotopic (exact) mass is 341 g/mol. The Kier molecular flexibility index (Phi) is 5.61. The number of rotatable bonds is 5. The van der Waals surface area contributed by atoms with Crippen LogP contribution in [0.5, 0.6) is 0 Å². The predicted molar refractivity (Wildman–Crippen MR) is 89.3 cm³/mol. The number of carbonyl (C=O) groups excluding carboxylic acids is 1. The Morgan fingerprint density at radius 1 is 1.33 bits per heavy atom. The smallest absolute Gasteiger partial charge is 0.243 e. The molecule has 1 atom stereocenters. The summed E-state index contributed by atoms with van der Waals surface area (Å²) in [7, 11) is 0. The predicted octanol–water partition coefficient (Wildman–Crippen LogP) is 4.01. The van der Waals surface area contributed by atoms with Gasteiger partial charge in [-0.05, 0) is 26.3 Å². The molecule has 1 amide bonds. The quantitative estimate of drug-likeness (QED) is 0.507. The van der Waals surface area contributed by atoms with Gasteiger partial charge < -0.3 is 0 Å². The van der Waals surface area contributed by atoms with E-state index in [0.29, 0.717) is 5.13 Å². The second-order valence-corrected chi connectivity index (χ2v) is 7.62. The number of hydrogen-bond acceptors (Lipinski definition) is 5. The third kappa shape index (κ3) is 4.98. The second kappa shape index (κ2) is 7.24. The molecule has 1 heterocycles. The number of hydrogen-bond donors (Lipinski definition) is 1. The zero-order valence-electron chi connectivity index (χ0n) is 12.0. The fraction of sp³-hybridized carbons (Fsp3) is 0.357. The summed E-state index contributed by atoms with van der Waals surface area (Å²) in [5, 5.41) is 10.5. The molecular formula is C14H16ClN3OS2. The molecule has 1 unspecified atom stereocenters. The third-order valence-corrected chi connectivity index (χ3v) is 4.88. The van der Waals surface area contributed by atoms with Crippen LogP contribution >= 0.6 is 34.7 Å². The third-order valence-electron chi connectivity index (χ3n) is 2.64. The summed E-state index contributed by atoms with van der Waals surface area (Å²) in [6.07, 6.45) is 0. The fourth-order valence-corrected chi connectivity index (χ4v) is 3.56. The molecular weight excluding hydrogens is 326 g/mol. The summed E-state index contributed by atoms with van der Waals surface area (Å²) in [5.74, 6) is 0.565.